The van der Waals surface area contributed by atoms with Gasteiger partial charge in [-0.1, -0.05) is 6.08 Å². The molecule has 0 spiro atoms. The van der Waals surface area contributed by atoms with Crippen molar-refractivity contribution in [2.75, 3.05) is 6.54 Å². The Bertz CT molecular complexity index is 179. The molecule has 3 heteroatoms. The highest BCUT2D eigenvalue weighted by Crippen LogP contribution is 2.18. The number of amides is 1. The highest BCUT2D eigenvalue weighted by molar-refractivity contribution is 5.86. The summed E-state index contributed by atoms with van der Waals surface area (Å²) in [5, 5.41) is 2.75. The fourth-order valence-electron chi connectivity index (χ4n) is 1.35. The number of rotatable bonds is 2. The van der Waals surface area contributed by atoms with Crippen LogP contribution in [0.3, 0.4) is 0 Å². The molecule has 0 aromatic rings. The Morgan fingerprint density at radius 1 is 1.82 bits per heavy atom. The summed E-state index contributed by atoms with van der Waals surface area (Å²) in [5.74, 6) is -0.0383. The van der Waals surface area contributed by atoms with Crippen molar-refractivity contribution in [2.45, 2.75) is 24.8 Å². The van der Waals surface area contributed by atoms with Gasteiger partial charge in [-0.05, 0) is 19.3 Å². The van der Waals surface area contributed by atoms with Crippen molar-refractivity contribution in [3.8, 4) is 0 Å². The molecule has 1 aliphatic rings. The fraction of sp³-hybridized carbons (Fsp3) is 0.625. The van der Waals surface area contributed by atoms with Crippen molar-refractivity contribution in [3.05, 3.63) is 12.7 Å². The molecular weight excluding hydrogens is 140 g/mol. The van der Waals surface area contributed by atoms with E-state index in [0.717, 1.165) is 19.4 Å². The topological polar surface area (TPSA) is 55.1 Å². The summed E-state index contributed by atoms with van der Waals surface area (Å²) in [6.45, 7) is 4.33. The van der Waals surface area contributed by atoms with Gasteiger partial charge in [0, 0.05) is 6.54 Å². The second kappa shape index (κ2) is 3.05. The van der Waals surface area contributed by atoms with E-state index in [2.05, 4.69) is 11.9 Å². The first-order chi connectivity index (χ1) is 5.19. The van der Waals surface area contributed by atoms with Gasteiger partial charge in [-0.3, -0.25) is 4.79 Å². The summed E-state index contributed by atoms with van der Waals surface area (Å²) in [7, 11) is 0. The molecule has 3 N–H and O–H groups in total. The van der Waals surface area contributed by atoms with Crippen molar-refractivity contribution in [2.24, 2.45) is 5.73 Å². The second-order valence-corrected chi connectivity index (χ2v) is 3.01. The number of nitrogens with one attached hydrogen (secondary N) is 1. The lowest BCUT2D eigenvalue weighted by Crippen LogP contribution is -2.57. The van der Waals surface area contributed by atoms with E-state index in [-0.39, 0.29) is 5.91 Å². The molecule has 1 atom stereocenters. The average Bonchev–Trinajstić information content (AvgIpc) is 1.96. The smallest absolute Gasteiger partial charge is 0.240 e. The maximum Gasteiger partial charge on any atom is 0.240 e. The maximum absolute atomic E-state index is 11.2. The summed E-state index contributed by atoms with van der Waals surface area (Å²) in [5.41, 5.74) is 5.15. The Kier molecular flexibility index (Phi) is 2.29. The van der Waals surface area contributed by atoms with Crippen molar-refractivity contribution >= 4 is 5.91 Å². The lowest BCUT2D eigenvalue weighted by molar-refractivity contribution is -0.128. The van der Waals surface area contributed by atoms with Crippen LogP contribution in [0.2, 0.25) is 0 Å². The van der Waals surface area contributed by atoms with Crippen LogP contribution in [0.4, 0.5) is 0 Å². The monoisotopic (exact) mass is 154 g/mol. The van der Waals surface area contributed by atoms with Gasteiger partial charge >= 0.3 is 0 Å². The first kappa shape index (κ1) is 8.27. The summed E-state index contributed by atoms with van der Waals surface area (Å²) in [6.07, 6.45) is 4.00. The number of hydrogen-bond acceptors (Lipinski definition) is 2. The molecule has 0 bridgehead atoms. The third kappa shape index (κ3) is 1.60. The van der Waals surface area contributed by atoms with E-state index in [0.29, 0.717) is 6.42 Å². The number of carbonyl (C=O) groups is 1. The van der Waals surface area contributed by atoms with E-state index in [1.165, 1.54) is 0 Å². The fourth-order valence-corrected chi connectivity index (χ4v) is 1.35. The minimum Gasteiger partial charge on any atom is -0.354 e. The molecule has 1 aliphatic heterocycles. The van der Waals surface area contributed by atoms with E-state index in [1.807, 2.05) is 0 Å². The molecule has 1 rings (SSSR count). The van der Waals surface area contributed by atoms with E-state index in [4.69, 9.17) is 5.73 Å². The predicted molar refractivity (Wildman–Crippen MR) is 44.0 cm³/mol. The van der Waals surface area contributed by atoms with Gasteiger partial charge < -0.3 is 11.1 Å². The summed E-state index contributed by atoms with van der Waals surface area (Å²) in [4.78, 5) is 11.2. The third-order valence-electron chi connectivity index (χ3n) is 2.05. The van der Waals surface area contributed by atoms with Crippen LogP contribution in [-0.2, 0) is 4.79 Å². The Morgan fingerprint density at radius 3 is 3.09 bits per heavy atom. The van der Waals surface area contributed by atoms with Crippen molar-refractivity contribution < 1.29 is 4.79 Å². The summed E-state index contributed by atoms with van der Waals surface area (Å²) in [6, 6.07) is 0. The SMILES string of the molecule is C=CCC1(N)CCCNC1=O. The predicted octanol–water partition coefficient (Wildman–Crippen LogP) is 0.170. The van der Waals surface area contributed by atoms with Gasteiger partial charge in [-0.15, -0.1) is 6.58 Å². The van der Waals surface area contributed by atoms with Crippen LogP contribution in [0.15, 0.2) is 12.7 Å². The van der Waals surface area contributed by atoms with Gasteiger partial charge in [0.2, 0.25) is 5.91 Å². The second-order valence-electron chi connectivity index (χ2n) is 3.01. The first-order valence-corrected chi connectivity index (χ1v) is 3.87. The minimum atomic E-state index is -0.681. The van der Waals surface area contributed by atoms with E-state index >= 15 is 0 Å². The minimum absolute atomic E-state index is 0.0383. The van der Waals surface area contributed by atoms with Gasteiger partial charge in [0.25, 0.3) is 0 Å². The summed E-state index contributed by atoms with van der Waals surface area (Å²) < 4.78 is 0. The molecule has 3 nitrogen and oxygen atoms in total. The maximum atomic E-state index is 11.2. The number of piperidine rings is 1. The van der Waals surface area contributed by atoms with Crippen LogP contribution in [0.25, 0.3) is 0 Å². The molecule has 1 heterocycles. The van der Waals surface area contributed by atoms with Crippen LogP contribution in [-0.4, -0.2) is 18.0 Å². The molecule has 0 aromatic carbocycles. The number of hydrogen-bond donors (Lipinski definition) is 2. The Hall–Kier alpha value is -0.830. The van der Waals surface area contributed by atoms with E-state index < -0.39 is 5.54 Å². The highest BCUT2D eigenvalue weighted by atomic mass is 16.2. The van der Waals surface area contributed by atoms with Crippen LogP contribution in [0, 0.1) is 0 Å². The van der Waals surface area contributed by atoms with Gasteiger partial charge in [0.1, 0.15) is 0 Å². The lowest BCUT2D eigenvalue weighted by Gasteiger charge is -2.31. The first-order valence-electron chi connectivity index (χ1n) is 3.87. The van der Waals surface area contributed by atoms with Gasteiger partial charge in [0.15, 0.2) is 0 Å². The number of nitrogens with two attached hydrogens (primary N) is 1. The molecule has 1 fully saturated rings. The quantitative estimate of drug-likeness (QED) is 0.557. The van der Waals surface area contributed by atoms with Crippen LogP contribution < -0.4 is 11.1 Å². The van der Waals surface area contributed by atoms with Crippen LogP contribution in [0.1, 0.15) is 19.3 Å². The molecule has 0 aromatic heterocycles. The normalized spacial score (nSPS) is 31.2. The summed E-state index contributed by atoms with van der Waals surface area (Å²) >= 11 is 0. The van der Waals surface area contributed by atoms with E-state index in [9.17, 15) is 4.79 Å². The standard InChI is InChI=1S/C8H14N2O/c1-2-4-8(9)5-3-6-10-7(8)11/h2H,1,3-6,9H2,(H,10,11). The van der Waals surface area contributed by atoms with Crippen LogP contribution >= 0.6 is 0 Å². The zero-order valence-electron chi connectivity index (χ0n) is 6.60. The molecule has 0 aliphatic carbocycles. The van der Waals surface area contributed by atoms with Gasteiger partial charge in [-0.25, -0.2) is 0 Å². The van der Waals surface area contributed by atoms with Crippen molar-refractivity contribution in [3.63, 3.8) is 0 Å². The molecule has 0 saturated carbocycles. The van der Waals surface area contributed by atoms with Crippen molar-refractivity contribution in [1.82, 2.24) is 5.32 Å². The van der Waals surface area contributed by atoms with Crippen molar-refractivity contribution in [1.29, 1.82) is 0 Å². The largest absolute Gasteiger partial charge is 0.354 e. The molecular formula is C8H14N2O. The molecule has 0 radical (unpaired) electrons. The molecule has 11 heavy (non-hydrogen) atoms. The highest BCUT2D eigenvalue weighted by Gasteiger charge is 2.34. The lowest BCUT2D eigenvalue weighted by atomic mass is 9.87. The van der Waals surface area contributed by atoms with Crippen LogP contribution in [0.5, 0.6) is 0 Å². The van der Waals surface area contributed by atoms with Gasteiger partial charge in [0.05, 0.1) is 5.54 Å². The molecule has 1 saturated heterocycles. The Balaban J connectivity index is 2.64. The average molecular weight is 154 g/mol. The zero-order valence-corrected chi connectivity index (χ0v) is 6.60. The number of carbonyl (C=O) groups excluding carboxylic acids is 1. The zero-order chi connectivity index (χ0) is 8.32. The van der Waals surface area contributed by atoms with E-state index in [1.54, 1.807) is 6.08 Å². The molecule has 1 amide bonds. The Labute approximate surface area is 66.6 Å². The Morgan fingerprint density at radius 2 is 2.55 bits per heavy atom. The molecule has 62 valence electrons. The molecule has 1 unspecified atom stereocenters. The third-order valence-corrected chi connectivity index (χ3v) is 2.05. The van der Waals surface area contributed by atoms with Gasteiger partial charge in [-0.2, -0.15) is 0 Å².